The summed E-state index contributed by atoms with van der Waals surface area (Å²) in [5.41, 5.74) is 6.32. The van der Waals surface area contributed by atoms with E-state index in [4.69, 9.17) is 6.42 Å². The van der Waals surface area contributed by atoms with Gasteiger partial charge in [0.05, 0.1) is 0 Å². The number of aryl methyl sites for hydroxylation is 2. The Balaban J connectivity index is 2.31. The van der Waals surface area contributed by atoms with Gasteiger partial charge in [-0.25, -0.2) is 0 Å². The Bertz CT molecular complexity index is 880. The molecule has 0 bridgehead atoms. The van der Waals surface area contributed by atoms with Gasteiger partial charge >= 0.3 is 0 Å². The number of rotatable bonds is 4. The Morgan fingerprint density at radius 1 is 0.731 bits per heavy atom. The number of hydrogen-bond acceptors (Lipinski definition) is 1. The van der Waals surface area contributed by atoms with Gasteiger partial charge in [0.2, 0.25) is 0 Å². The van der Waals surface area contributed by atoms with E-state index in [0.717, 1.165) is 22.4 Å². The molecule has 0 unspecified atom stereocenters. The highest BCUT2D eigenvalue weighted by molar-refractivity contribution is 5.61. The number of terminal acetylenes is 1. The lowest BCUT2D eigenvalue weighted by atomic mass is 9.70. The second-order valence-electron chi connectivity index (χ2n) is 7.07. The van der Waals surface area contributed by atoms with E-state index in [2.05, 4.69) is 112 Å². The summed E-state index contributed by atoms with van der Waals surface area (Å²) in [6.45, 7) is 4.19. The fourth-order valence-corrected chi connectivity index (χ4v) is 3.37. The smallest absolute Gasteiger partial charge is 0.106 e. The molecule has 0 aliphatic rings. The van der Waals surface area contributed by atoms with Crippen LogP contribution in [0.25, 0.3) is 0 Å². The SMILES string of the molecule is C#CC(c1ccc(C)cc1)(c1ccc(C)cc1)c1cccc(N(C)C)c1. The fraction of sp³-hybridized carbons (Fsp3) is 0.200. The molecule has 0 amide bonds. The first-order valence-electron chi connectivity index (χ1n) is 8.87. The molecule has 3 aromatic rings. The second kappa shape index (κ2) is 7.10. The maximum absolute atomic E-state index is 6.24. The van der Waals surface area contributed by atoms with Crippen LogP contribution >= 0.6 is 0 Å². The van der Waals surface area contributed by atoms with Crippen LogP contribution in [0.3, 0.4) is 0 Å². The maximum Gasteiger partial charge on any atom is 0.106 e. The van der Waals surface area contributed by atoms with Crippen LogP contribution in [0.1, 0.15) is 27.8 Å². The average molecular weight is 339 g/mol. The van der Waals surface area contributed by atoms with Crippen LogP contribution in [0.15, 0.2) is 72.8 Å². The highest BCUT2D eigenvalue weighted by atomic mass is 15.1. The van der Waals surface area contributed by atoms with E-state index < -0.39 is 5.41 Å². The molecule has 130 valence electrons. The molecule has 0 aliphatic carbocycles. The zero-order chi connectivity index (χ0) is 18.7. The van der Waals surface area contributed by atoms with E-state index in [1.165, 1.54) is 11.1 Å². The molecular weight excluding hydrogens is 314 g/mol. The van der Waals surface area contributed by atoms with Crippen molar-refractivity contribution in [3.05, 3.63) is 101 Å². The van der Waals surface area contributed by atoms with Crippen LogP contribution in [0.4, 0.5) is 5.69 Å². The Kier molecular flexibility index (Phi) is 4.87. The third-order valence-electron chi connectivity index (χ3n) is 4.98. The minimum atomic E-state index is -0.618. The highest BCUT2D eigenvalue weighted by Gasteiger charge is 2.34. The Morgan fingerprint density at radius 2 is 1.23 bits per heavy atom. The number of hydrogen-bond donors (Lipinski definition) is 0. The summed E-state index contributed by atoms with van der Waals surface area (Å²) < 4.78 is 0. The third kappa shape index (κ3) is 3.11. The Morgan fingerprint density at radius 3 is 1.65 bits per heavy atom. The molecule has 0 fully saturated rings. The number of nitrogens with zero attached hydrogens (tertiary/aromatic N) is 1. The molecular formula is C25H25N. The standard InChI is InChI=1S/C25H25N/c1-6-25(21-14-10-19(2)11-15-21,22-16-12-20(3)13-17-22)23-8-7-9-24(18-23)26(4)5/h1,7-18H,2-5H3. The molecule has 3 rings (SSSR count). The molecule has 0 aliphatic heterocycles. The number of benzene rings is 3. The minimum Gasteiger partial charge on any atom is -0.378 e. The van der Waals surface area contributed by atoms with Gasteiger partial charge in [-0.2, -0.15) is 0 Å². The van der Waals surface area contributed by atoms with Crippen molar-refractivity contribution in [1.29, 1.82) is 0 Å². The number of anilines is 1. The van der Waals surface area contributed by atoms with Crippen molar-refractivity contribution in [1.82, 2.24) is 0 Å². The molecule has 0 N–H and O–H groups in total. The normalized spacial score (nSPS) is 11.0. The monoisotopic (exact) mass is 339 g/mol. The molecule has 0 atom stereocenters. The predicted molar refractivity (Wildman–Crippen MR) is 112 cm³/mol. The molecule has 3 aromatic carbocycles. The van der Waals surface area contributed by atoms with Crippen LogP contribution in [0.2, 0.25) is 0 Å². The first-order chi connectivity index (χ1) is 12.5. The van der Waals surface area contributed by atoms with E-state index in [0.29, 0.717) is 0 Å². The quantitative estimate of drug-likeness (QED) is 0.458. The zero-order valence-corrected chi connectivity index (χ0v) is 16.0. The van der Waals surface area contributed by atoms with Crippen LogP contribution in [-0.2, 0) is 5.41 Å². The largest absolute Gasteiger partial charge is 0.378 e. The van der Waals surface area contributed by atoms with Crippen molar-refractivity contribution < 1.29 is 0 Å². The van der Waals surface area contributed by atoms with Crippen LogP contribution in [0.5, 0.6) is 0 Å². The summed E-state index contributed by atoms with van der Waals surface area (Å²) in [6.07, 6.45) is 6.24. The molecule has 0 spiro atoms. The lowest BCUT2D eigenvalue weighted by molar-refractivity contribution is 0.808. The Labute approximate surface area is 157 Å². The maximum atomic E-state index is 6.24. The molecule has 0 radical (unpaired) electrons. The summed E-state index contributed by atoms with van der Waals surface area (Å²) >= 11 is 0. The fourth-order valence-electron chi connectivity index (χ4n) is 3.37. The average Bonchev–Trinajstić information content (AvgIpc) is 2.65. The molecule has 0 aromatic heterocycles. The van der Waals surface area contributed by atoms with E-state index in [-0.39, 0.29) is 0 Å². The van der Waals surface area contributed by atoms with Crippen molar-refractivity contribution in [2.75, 3.05) is 19.0 Å². The molecule has 0 heterocycles. The van der Waals surface area contributed by atoms with Gasteiger partial charge in [0, 0.05) is 19.8 Å². The van der Waals surface area contributed by atoms with Gasteiger partial charge in [0.25, 0.3) is 0 Å². The third-order valence-corrected chi connectivity index (χ3v) is 4.98. The molecule has 0 saturated heterocycles. The molecule has 0 saturated carbocycles. The van der Waals surface area contributed by atoms with Gasteiger partial charge < -0.3 is 4.90 Å². The summed E-state index contributed by atoms with van der Waals surface area (Å²) in [5.74, 6) is 3.15. The lowest BCUT2D eigenvalue weighted by Crippen LogP contribution is -2.28. The van der Waals surface area contributed by atoms with Gasteiger partial charge in [0.15, 0.2) is 0 Å². The van der Waals surface area contributed by atoms with E-state index in [1.54, 1.807) is 0 Å². The topological polar surface area (TPSA) is 3.24 Å². The van der Waals surface area contributed by atoms with Crippen molar-refractivity contribution >= 4 is 5.69 Å². The summed E-state index contributed by atoms with van der Waals surface area (Å²) in [5, 5.41) is 0. The van der Waals surface area contributed by atoms with Crippen molar-refractivity contribution in [2.45, 2.75) is 19.3 Å². The summed E-state index contributed by atoms with van der Waals surface area (Å²) in [4.78, 5) is 2.11. The van der Waals surface area contributed by atoms with Crippen LogP contribution in [0, 0.1) is 26.2 Å². The summed E-state index contributed by atoms with van der Waals surface area (Å²) in [6, 6.07) is 25.6. The first-order valence-corrected chi connectivity index (χ1v) is 8.87. The molecule has 26 heavy (non-hydrogen) atoms. The highest BCUT2D eigenvalue weighted by Crippen LogP contribution is 2.40. The zero-order valence-electron chi connectivity index (χ0n) is 16.0. The van der Waals surface area contributed by atoms with Crippen molar-refractivity contribution in [3.63, 3.8) is 0 Å². The second-order valence-corrected chi connectivity index (χ2v) is 7.07. The van der Waals surface area contributed by atoms with Gasteiger partial charge in [0.1, 0.15) is 5.41 Å². The van der Waals surface area contributed by atoms with Crippen molar-refractivity contribution in [3.8, 4) is 12.3 Å². The lowest BCUT2D eigenvalue weighted by Gasteiger charge is -2.31. The van der Waals surface area contributed by atoms with Crippen LogP contribution in [-0.4, -0.2) is 14.1 Å². The predicted octanol–water partition coefficient (Wildman–Crippen LogP) is 5.34. The van der Waals surface area contributed by atoms with Crippen LogP contribution < -0.4 is 4.90 Å². The van der Waals surface area contributed by atoms with Crippen molar-refractivity contribution in [2.24, 2.45) is 0 Å². The van der Waals surface area contributed by atoms with E-state index in [9.17, 15) is 0 Å². The van der Waals surface area contributed by atoms with E-state index in [1.807, 2.05) is 0 Å². The minimum absolute atomic E-state index is 0.618. The van der Waals surface area contributed by atoms with E-state index >= 15 is 0 Å². The Hall–Kier alpha value is -2.98. The molecule has 1 nitrogen and oxygen atoms in total. The van der Waals surface area contributed by atoms with Gasteiger partial charge in [-0.3, -0.25) is 0 Å². The molecule has 1 heteroatoms. The van der Waals surface area contributed by atoms with Gasteiger partial charge in [-0.05, 0) is 42.7 Å². The van der Waals surface area contributed by atoms with Gasteiger partial charge in [-0.15, -0.1) is 6.42 Å². The van der Waals surface area contributed by atoms with Gasteiger partial charge in [-0.1, -0.05) is 77.7 Å². The first kappa shape index (κ1) is 17.8. The summed E-state index contributed by atoms with van der Waals surface area (Å²) in [7, 11) is 4.10.